The van der Waals surface area contributed by atoms with Gasteiger partial charge in [-0.15, -0.1) is 11.3 Å². The van der Waals surface area contributed by atoms with Crippen molar-refractivity contribution < 1.29 is 9.47 Å². The van der Waals surface area contributed by atoms with E-state index in [-0.39, 0.29) is 0 Å². The lowest BCUT2D eigenvalue weighted by Crippen LogP contribution is -1.99. The molecule has 0 fully saturated rings. The number of para-hydroxylation sites is 1. The Hall–Kier alpha value is -3.88. The van der Waals surface area contributed by atoms with Crippen molar-refractivity contribution in [2.45, 2.75) is 13.2 Å². The lowest BCUT2D eigenvalue weighted by molar-refractivity contribution is 0.298. The number of nitriles is 1. The molecule has 0 saturated heterocycles. The average molecular weight is 423 g/mol. The quantitative estimate of drug-likeness (QED) is 0.314. The predicted molar refractivity (Wildman–Crippen MR) is 123 cm³/mol. The van der Waals surface area contributed by atoms with Crippen LogP contribution in [0.5, 0.6) is 11.5 Å². The van der Waals surface area contributed by atoms with Crippen molar-refractivity contribution in [3.63, 3.8) is 0 Å². The molecule has 0 aliphatic heterocycles. The molecule has 0 radical (unpaired) electrons. The van der Waals surface area contributed by atoms with E-state index in [1.807, 2.05) is 72.8 Å². The third-order valence-corrected chi connectivity index (χ3v) is 5.99. The van der Waals surface area contributed by atoms with Crippen LogP contribution < -0.4 is 9.47 Å². The van der Waals surface area contributed by atoms with E-state index >= 15 is 0 Å². The summed E-state index contributed by atoms with van der Waals surface area (Å²) in [6.45, 7) is 0.888. The lowest BCUT2D eigenvalue weighted by atomic mass is 10.2. The van der Waals surface area contributed by atoms with Gasteiger partial charge < -0.3 is 9.47 Å². The fraction of sp³-hybridized carbons (Fsp3) is 0.0769. The minimum absolute atomic E-state index is 0.423. The van der Waals surface area contributed by atoms with Gasteiger partial charge in [-0.25, -0.2) is 4.98 Å². The first-order valence-corrected chi connectivity index (χ1v) is 10.7. The summed E-state index contributed by atoms with van der Waals surface area (Å²) in [5, 5.41) is 11.2. The van der Waals surface area contributed by atoms with Crippen LogP contribution in [-0.4, -0.2) is 4.98 Å². The molecule has 0 aliphatic carbocycles. The van der Waals surface area contributed by atoms with Gasteiger partial charge in [-0.2, -0.15) is 5.26 Å². The number of thiophene rings is 1. The molecule has 0 saturated carbocycles. The van der Waals surface area contributed by atoms with E-state index < -0.39 is 0 Å². The van der Waals surface area contributed by atoms with E-state index in [2.05, 4.69) is 23.2 Å². The van der Waals surface area contributed by atoms with E-state index in [4.69, 9.17) is 14.7 Å². The zero-order valence-electron chi connectivity index (χ0n) is 16.6. The highest BCUT2D eigenvalue weighted by Gasteiger charge is 2.04. The Morgan fingerprint density at radius 2 is 1.58 bits per heavy atom. The first-order chi connectivity index (χ1) is 15.3. The van der Waals surface area contributed by atoms with Crippen LogP contribution in [0.1, 0.15) is 16.1 Å². The maximum absolute atomic E-state index is 9.04. The minimum atomic E-state index is 0.423. The van der Waals surface area contributed by atoms with E-state index in [0.717, 1.165) is 43.7 Å². The van der Waals surface area contributed by atoms with Gasteiger partial charge in [0.15, 0.2) is 0 Å². The topological polar surface area (TPSA) is 55.1 Å². The highest BCUT2D eigenvalue weighted by molar-refractivity contribution is 7.19. The molecular formula is C26H18N2O2S. The molecule has 0 N–H and O–H groups in total. The van der Waals surface area contributed by atoms with Gasteiger partial charge in [-0.3, -0.25) is 0 Å². The van der Waals surface area contributed by atoms with Gasteiger partial charge in [0.05, 0.1) is 11.2 Å². The van der Waals surface area contributed by atoms with Gasteiger partial charge in [0, 0.05) is 10.1 Å². The number of fused-ring (bicyclic) bond motifs is 2. The van der Waals surface area contributed by atoms with Crippen LogP contribution in [0.25, 0.3) is 21.0 Å². The van der Waals surface area contributed by atoms with Gasteiger partial charge in [0.1, 0.15) is 35.7 Å². The Morgan fingerprint density at radius 1 is 0.774 bits per heavy atom. The molecule has 5 heteroatoms. The molecule has 4 nitrogen and oxygen atoms in total. The number of hydrogen-bond acceptors (Lipinski definition) is 5. The number of rotatable bonds is 6. The molecule has 5 rings (SSSR count). The van der Waals surface area contributed by atoms with Crippen molar-refractivity contribution >= 4 is 32.3 Å². The summed E-state index contributed by atoms with van der Waals surface area (Å²) in [6.07, 6.45) is 0. The Kier molecular flexibility index (Phi) is 5.22. The van der Waals surface area contributed by atoms with Gasteiger partial charge in [-0.1, -0.05) is 36.4 Å². The van der Waals surface area contributed by atoms with Gasteiger partial charge in [-0.05, 0) is 59.5 Å². The molecule has 150 valence electrons. The van der Waals surface area contributed by atoms with Crippen molar-refractivity contribution in [2.75, 3.05) is 0 Å². The zero-order valence-corrected chi connectivity index (χ0v) is 17.4. The van der Waals surface area contributed by atoms with E-state index in [1.54, 1.807) is 0 Å². The molecule has 31 heavy (non-hydrogen) atoms. The second-order valence-corrected chi connectivity index (χ2v) is 8.22. The van der Waals surface area contributed by atoms with Crippen LogP contribution in [0.3, 0.4) is 0 Å². The summed E-state index contributed by atoms with van der Waals surface area (Å²) in [4.78, 5) is 5.35. The summed E-state index contributed by atoms with van der Waals surface area (Å²) >= 11 is 1.49. The highest BCUT2D eigenvalue weighted by atomic mass is 32.1. The van der Waals surface area contributed by atoms with Crippen LogP contribution in [0, 0.1) is 11.3 Å². The number of benzene rings is 3. The fourth-order valence-corrected chi connectivity index (χ4v) is 4.20. The second kappa shape index (κ2) is 8.47. The van der Waals surface area contributed by atoms with Crippen molar-refractivity contribution in [3.05, 3.63) is 101 Å². The Balaban J connectivity index is 1.19. The molecule has 0 spiro atoms. The Labute approximate surface area is 183 Å². The van der Waals surface area contributed by atoms with Gasteiger partial charge in [0.25, 0.3) is 0 Å². The third kappa shape index (κ3) is 4.35. The highest BCUT2D eigenvalue weighted by Crippen LogP contribution is 2.29. The predicted octanol–water partition coefficient (Wildman–Crippen LogP) is 6.48. The Bertz CT molecular complexity index is 1400. The molecule has 5 aromatic rings. The number of nitrogens with zero attached hydrogens (tertiary/aromatic N) is 2. The molecule has 2 heterocycles. The first kappa shape index (κ1) is 19.1. The van der Waals surface area contributed by atoms with Crippen LogP contribution >= 0.6 is 11.3 Å². The van der Waals surface area contributed by atoms with Crippen LogP contribution in [0.15, 0.2) is 84.9 Å². The van der Waals surface area contributed by atoms with E-state index in [9.17, 15) is 0 Å². The molecule has 3 aromatic carbocycles. The van der Waals surface area contributed by atoms with Gasteiger partial charge >= 0.3 is 0 Å². The minimum Gasteiger partial charge on any atom is -0.489 e. The van der Waals surface area contributed by atoms with Crippen LogP contribution in [0.4, 0.5) is 0 Å². The zero-order chi connectivity index (χ0) is 21.0. The molecule has 0 aliphatic rings. The number of pyridine rings is 1. The largest absolute Gasteiger partial charge is 0.489 e. The summed E-state index contributed by atoms with van der Waals surface area (Å²) in [5.41, 5.74) is 2.93. The van der Waals surface area contributed by atoms with Gasteiger partial charge in [0.2, 0.25) is 0 Å². The SMILES string of the molecule is N#Cc1cc2cc(OCc3ccc(OCc4ccc5ccccc5n4)cc3)ccc2s1. The van der Waals surface area contributed by atoms with Crippen molar-refractivity contribution in [1.82, 2.24) is 4.98 Å². The Morgan fingerprint density at radius 3 is 2.45 bits per heavy atom. The molecule has 0 amide bonds. The first-order valence-electron chi connectivity index (χ1n) is 9.90. The molecule has 2 aromatic heterocycles. The summed E-state index contributed by atoms with van der Waals surface area (Å²) in [5.74, 6) is 1.58. The summed E-state index contributed by atoms with van der Waals surface area (Å²) < 4.78 is 12.9. The molecule has 0 unspecified atom stereocenters. The van der Waals surface area contributed by atoms with Crippen LogP contribution in [0.2, 0.25) is 0 Å². The van der Waals surface area contributed by atoms with Crippen LogP contribution in [-0.2, 0) is 13.2 Å². The summed E-state index contributed by atoms with van der Waals surface area (Å²) in [7, 11) is 0. The van der Waals surface area contributed by atoms with Crippen molar-refractivity contribution in [1.29, 1.82) is 5.26 Å². The van der Waals surface area contributed by atoms with E-state index in [0.29, 0.717) is 18.1 Å². The average Bonchev–Trinajstić information content (AvgIpc) is 3.24. The second-order valence-electron chi connectivity index (χ2n) is 7.14. The standard InChI is InChI=1S/C26H18N2O2S/c27-15-24-14-20-13-23(11-12-26(20)31-24)29-16-18-5-9-22(10-6-18)30-17-21-8-7-19-3-1-2-4-25(19)28-21/h1-14H,16-17H2. The van der Waals surface area contributed by atoms with Crippen molar-refractivity contribution in [2.24, 2.45) is 0 Å². The molecular weight excluding hydrogens is 404 g/mol. The monoisotopic (exact) mass is 422 g/mol. The maximum atomic E-state index is 9.04. The number of aromatic nitrogens is 1. The maximum Gasteiger partial charge on any atom is 0.130 e. The normalized spacial score (nSPS) is 10.8. The molecule has 0 bridgehead atoms. The van der Waals surface area contributed by atoms with E-state index in [1.165, 1.54) is 11.3 Å². The summed E-state index contributed by atoms with van der Waals surface area (Å²) in [6, 6.07) is 30.0. The number of ether oxygens (including phenoxy) is 2. The third-order valence-electron chi connectivity index (χ3n) is 4.97. The lowest BCUT2D eigenvalue weighted by Gasteiger charge is -2.09. The molecule has 0 atom stereocenters. The smallest absolute Gasteiger partial charge is 0.130 e. The fourth-order valence-electron chi connectivity index (χ4n) is 3.36. The number of hydrogen-bond donors (Lipinski definition) is 0. The van der Waals surface area contributed by atoms with Crippen molar-refractivity contribution in [3.8, 4) is 17.6 Å².